The Morgan fingerprint density at radius 3 is 2.06 bits per heavy atom. The second-order valence-electron chi connectivity index (χ2n) is 3.69. The van der Waals surface area contributed by atoms with E-state index in [0.717, 1.165) is 0 Å². The van der Waals surface area contributed by atoms with Crippen molar-refractivity contribution in [3.05, 3.63) is 23.5 Å². The molecule has 6 nitrogen and oxygen atoms in total. The van der Waals surface area contributed by atoms with Crippen LogP contribution >= 0.6 is 0 Å². The maximum absolute atomic E-state index is 11.2. The van der Waals surface area contributed by atoms with Crippen molar-refractivity contribution < 1.29 is 29.3 Å². The lowest BCUT2D eigenvalue weighted by atomic mass is 10.1. The molecule has 18 heavy (non-hydrogen) atoms. The van der Waals surface area contributed by atoms with Crippen LogP contribution in [0.3, 0.4) is 0 Å². The Morgan fingerprint density at radius 2 is 1.72 bits per heavy atom. The molecule has 0 rings (SSSR count). The summed E-state index contributed by atoms with van der Waals surface area (Å²) in [6.07, 6.45) is 1.21. The molecule has 0 unspecified atom stereocenters. The van der Waals surface area contributed by atoms with Crippen LogP contribution in [0, 0.1) is 0 Å². The molecule has 0 heterocycles. The predicted molar refractivity (Wildman–Crippen MR) is 62.7 cm³/mol. The zero-order chi connectivity index (χ0) is 14.3. The van der Waals surface area contributed by atoms with Crippen LogP contribution in [0.15, 0.2) is 23.5 Å². The molecule has 0 aliphatic carbocycles. The Bertz CT molecular complexity index is 405. The summed E-state index contributed by atoms with van der Waals surface area (Å²) >= 11 is 0. The summed E-state index contributed by atoms with van der Waals surface area (Å²) in [4.78, 5) is 33.2. The van der Waals surface area contributed by atoms with E-state index in [1.54, 1.807) is 0 Å². The van der Waals surface area contributed by atoms with Gasteiger partial charge in [0.25, 0.3) is 0 Å². The van der Waals surface area contributed by atoms with Crippen LogP contribution in [0.5, 0.6) is 0 Å². The highest BCUT2D eigenvalue weighted by atomic mass is 16.6. The molecular weight excluding hydrogens is 240 g/mol. The maximum Gasteiger partial charge on any atom is 0.372 e. The number of aliphatic carboxylic acids is 2. The number of rotatable bonds is 7. The van der Waals surface area contributed by atoms with Crippen molar-refractivity contribution in [1.82, 2.24) is 0 Å². The minimum Gasteiger partial charge on any atom is -0.478 e. The first-order valence-electron chi connectivity index (χ1n) is 5.38. The molecule has 0 aliphatic rings. The molecule has 0 atom stereocenters. The van der Waals surface area contributed by atoms with Crippen molar-refractivity contribution in [1.29, 1.82) is 0 Å². The van der Waals surface area contributed by atoms with Crippen LogP contribution in [0.1, 0.15) is 33.1 Å². The van der Waals surface area contributed by atoms with Crippen LogP contribution in [0.2, 0.25) is 0 Å². The Balaban J connectivity index is 5.34. The molecular formula is C12H16O6. The fourth-order valence-corrected chi connectivity index (χ4v) is 1.09. The van der Waals surface area contributed by atoms with Gasteiger partial charge >= 0.3 is 17.9 Å². The Kier molecular flexibility index (Phi) is 6.41. The van der Waals surface area contributed by atoms with Gasteiger partial charge < -0.3 is 14.9 Å². The molecule has 2 N–H and O–H groups in total. The molecule has 6 heteroatoms. The summed E-state index contributed by atoms with van der Waals surface area (Å²) in [5.41, 5.74) is -0.423. The van der Waals surface area contributed by atoms with E-state index in [-0.39, 0.29) is 12.0 Å². The highest BCUT2D eigenvalue weighted by Gasteiger charge is 2.24. The van der Waals surface area contributed by atoms with E-state index >= 15 is 0 Å². The molecule has 100 valence electrons. The van der Waals surface area contributed by atoms with Crippen molar-refractivity contribution in [2.24, 2.45) is 0 Å². The number of hydrogen-bond donors (Lipinski definition) is 2. The normalized spacial score (nSPS) is 11.4. The third-order valence-electron chi connectivity index (χ3n) is 2.05. The van der Waals surface area contributed by atoms with Gasteiger partial charge in [0, 0.05) is 5.57 Å². The number of esters is 1. The topological polar surface area (TPSA) is 101 Å². The van der Waals surface area contributed by atoms with Gasteiger partial charge in [0.1, 0.15) is 0 Å². The van der Waals surface area contributed by atoms with Crippen LogP contribution in [0.25, 0.3) is 0 Å². The highest BCUT2D eigenvalue weighted by molar-refractivity contribution is 6.00. The quantitative estimate of drug-likeness (QED) is 0.408. The summed E-state index contributed by atoms with van der Waals surface area (Å²) in [6, 6.07) is 0. The van der Waals surface area contributed by atoms with E-state index in [1.165, 1.54) is 6.92 Å². The molecule has 0 aromatic heterocycles. The highest BCUT2D eigenvalue weighted by Crippen LogP contribution is 2.16. The number of carboxylic acids is 2. The van der Waals surface area contributed by atoms with Crippen molar-refractivity contribution in [3.63, 3.8) is 0 Å². The summed E-state index contributed by atoms with van der Waals surface area (Å²) < 4.78 is 4.55. The number of carboxylic acid groups (broad SMARTS) is 2. The Morgan fingerprint density at radius 1 is 1.17 bits per heavy atom. The molecule has 0 aromatic carbocycles. The standard InChI is InChI=1S/C12H16O6/c1-4-5-6-8(10(13)14)9(11(15)16)18-12(17)7(2)3/h2,4-6H2,1,3H3,(H,13,14)(H,15,16)/b9-8+. The van der Waals surface area contributed by atoms with Gasteiger partial charge in [0.15, 0.2) is 0 Å². The number of unbranched alkanes of at least 4 members (excludes halogenated alkanes) is 1. The molecule has 0 aromatic rings. The van der Waals surface area contributed by atoms with Crippen LogP contribution < -0.4 is 0 Å². The van der Waals surface area contributed by atoms with Gasteiger partial charge in [-0.15, -0.1) is 0 Å². The van der Waals surface area contributed by atoms with Crippen molar-refractivity contribution in [3.8, 4) is 0 Å². The monoisotopic (exact) mass is 256 g/mol. The zero-order valence-corrected chi connectivity index (χ0v) is 10.4. The number of carbonyl (C=O) groups excluding carboxylic acids is 1. The van der Waals surface area contributed by atoms with Gasteiger partial charge in [-0.3, -0.25) is 0 Å². The first-order valence-corrected chi connectivity index (χ1v) is 5.38. The molecule has 0 saturated heterocycles. The van der Waals surface area contributed by atoms with Crippen molar-refractivity contribution in [2.75, 3.05) is 0 Å². The number of hydrogen-bond acceptors (Lipinski definition) is 4. The Labute approximate surface area is 105 Å². The molecule has 0 saturated carbocycles. The average molecular weight is 256 g/mol. The minimum atomic E-state index is -1.59. The molecule has 0 aliphatic heterocycles. The van der Waals surface area contributed by atoms with E-state index in [0.29, 0.717) is 12.8 Å². The second kappa shape index (κ2) is 7.26. The number of ether oxygens (including phenoxy) is 1. The molecule has 0 amide bonds. The fraction of sp³-hybridized carbons (Fsp3) is 0.417. The summed E-state index contributed by atoms with van der Waals surface area (Å²) in [5.74, 6) is -4.79. The smallest absolute Gasteiger partial charge is 0.372 e. The van der Waals surface area contributed by atoms with Gasteiger partial charge in [0.05, 0.1) is 5.57 Å². The fourth-order valence-electron chi connectivity index (χ4n) is 1.09. The molecule has 0 radical (unpaired) electrons. The zero-order valence-electron chi connectivity index (χ0n) is 10.4. The van der Waals surface area contributed by atoms with E-state index in [1.807, 2.05) is 6.92 Å². The van der Waals surface area contributed by atoms with Crippen molar-refractivity contribution in [2.45, 2.75) is 33.1 Å². The van der Waals surface area contributed by atoms with Gasteiger partial charge in [-0.1, -0.05) is 19.9 Å². The van der Waals surface area contributed by atoms with E-state index in [9.17, 15) is 14.4 Å². The van der Waals surface area contributed by atoms with Gasteiger partial charge in [0.2, 0.25) is 5.76 Å². The van der Waals surface area contributed by atoms with Crippen LogP contribution in [-0.4, -0.2) is 28.1 Å². The SMILES string of the molecule is C=C(C)C(=O)O/C(C(=O)O)=C(\CCCC)C(=O)O. The maximum atomic E-state index is 11.2. The minimum absolute atomic E-state index is 0.00557. The van der Waals surface area contributed by atoms with Gasteiger partial charge in [-0.25, -0.2) is 14.4 Å². The largest absolute Gasteiger partial charge is 0.478 e. The Hall–Kier alpha value is -2.11. The third kappa shape index (κ3) is 4.82. The molecule has 0 fully saturated rings. The van der Waals surface area contributed by atoms with Gasteiger partial charge in [-0.05, 0) is 19.8 Å². The molecule has 0 spiro atoms. The third-order valence-corrected chi connectivity index (χ3v) is 2.05. The summed E-state index contributed by atoms with van der Waals surface area (Å²) in [6.45, 7) is 6.47. The lowest BCUT2D eigenvalue weighted by molar-refractivity contribution is -0.146. The van der Waals surface area contributed by atoms with Crippen molar-refractivity contribution >= 4 is 17.9 Å². The van der Waals surface area contributed by atoms with Gasteiger partial charge in [-0.2, -0.15) is 0 Å². The van der Waals surface area contributed by atoms with Crippen LogP contribution in [-0.2, 0) is 19.1 Å². The van der Waals surface area contributed by atoms with E-state index in [4.69, 9.17) is 10.2 Å². The summed E-state index contributed by atoms with van der Waals surface area (Å²) in [5, 5.41) is 17.8. The number of carbonyl (C=O) groups is 3. The van der Waals surface area contributed by atoms with E-state index in [2.05, 4.69) is 11.3 Å². The average Bonchev–Trinajstić information content (AvgIpc) is 2.26. The molecule has 0 bridgehead atoms. The first kappa shape index (κ1) is 15.9. The second-order valence-corrected chi connectivity index (χ2v) is 3.69. The van der Waals surface area contributed by atoms with E-state index < -0.39 is 29.2 Å². The van der Waals surface area contributed by atoms with Crippen LogP contribution in [0.4, 0.5) is 0 Å². The lowest BCUT2D eigenvalue weighted by Gasteiger charge is -2.09. The predicted octanol–water partition coefficient (Wildman–Crippen LogP) is 1.72. The first-order chi connectivity index (χ1) is 8.31. The lowest BCUT2D eigenvalue weighted by Crippen LogP contribution is -2.17. The summed E-state index contributed by atoms with van der Waals surface area (Å²) in [7, 11) is 0.